The molecule has 0 aliphatic carbocycles. The molecule has 1 unspecified atom stereocenters. The van der Waals surface area contributed by atoms with Crippen molar-refractivity contribution in [2.24, 2.45) is 0 Å². The highest BCUT2D eigenvalue weighted by Crippen LogP contribution is 2.55. The number of rotatable bonds is 8. The molecule has 5 rings (SSSR count). The van der Waals surface area contributed by atoms with Crippen molar-refractivity contribution in [1.29, 1.82) is 0 Å². The van der Waals surface area contributed by atoms with Crippen molar-refractivity contribution in [2.45, 2.75) is 42.3 Å². The number of amides is 2. The summed E-state index contributed by atoms with van der Waals surface area (Å²) in [4.78, 5) is 34.8. The zero-order valence-electron chi connectivity index (χ0n) is 25.7. The zero-order valence-corrected chi connectivity index (χ0v) is 28.1. The van der Waals surface area contributed by atoms with Crippen molar-refractivity contribution in [1.82, 2.24) is 14.8 Å². The summed E-state index contributed by atoms with van der Waals surface area (Å²) in [5, 5.41) is 10.9. The number of β-amino-alcohol motifs (C(OH)–C–C–N with tert-alkyl or cyclic N) is 1. The number of aliphatic hydroxyl groups excluding tert-OH is 1. The number of aromatic nitrogens is 1. The average Bonchev–Trinajstić information content (AvgIpc) is 3.50. The number of carbonyl (C=O) groups is 2. The molecule has 17 heteroatoms. The lowest BCUT2D eigenvalue weighted by Gasteiger charge is -2.42. The van der Waals surface area contributed by atoms with Crippen molar-refractivity contribution < 1.29 is 50.5 Å². The lowest BCUT2D eigenvalue weighted by atomic mass is 9.80. The summed E-state index contributed by atoms with van der Waals surface area (Å²) in [5.74, 6) is -3.27. The van der Waals surface area contributed by atoms with E-state index in [0.717, 1.165) is 18.2 Å². The first-order chi connectivity index (χ1) is 22.0. The third-order valence-corrected chi connectivity index (χ3v) is 10.1. The molecule has 3 heterocycles. The molecule has 1 fully saturated rings. The molecule has 252 valence electrons. The molecule has 3 aromatic rings. The largest absolute Gasteiger partial charge is 0.573 e. The second kappa shape index (κ2) is 12.3. The van der Waals surface area contributed by atoms with Gasteiger partial charge in [-0.05, 0) is 59.6 Å². The predicted octanol–water partition coefficient (Wildman–Crippen LogP) is 3.57. The monoisotopic (exact) mass is 742 g/mol. The van der Waals surface area contributed by atoms with Gasteiger partial charge in [-0.1, -0.05) is 11.6 Å². The van der Waals surface area contributed by atoms with Gasteiger partial charge in [-0.3, -0.25) is 14.5 Å². The van der Waals surface area contributed by atoms with E-state index in [2.05, 4.69) is 25.7 Å². The number of hydrogen-bond donors (Lipinski definition) is 1. The summed E-state index contributed by atoms with van der Waals surface area (Å²) in [6, 6.07) is 7.81. The standard InChI is InChI=1S/C30H30BrF3N4O8S/c1-16-6-8-23(45-5)20(10-16)29(37-15-18(39)12-22(37)27(40)36(2)3)21-11-17(31)14-35-26(21)38(28(29)41)47(42,43)25-9-7-19(44-4)13-24(25)46-30(32,33)34/h6-11,13-14,18,22,39H,12,15H2,1-5H3/t18-,22+,29?/m1/s1. The topological polar surface area (TPSA) is 139 Å². The van der Waals surface area contributed by atoms with Crippen LogP contribution in [0.15, 0.2) is 58.0 Å². The molecule has 0 spiro atoms. The van der Waals surface area contributed by atoms with Crippen LogP contribution in [0.1, 0.15) is 23.1 Å². The lowest BCUT2D eigenvalue weighted by Crippen LogP contribution is -2.59. The quantitative estimate of drug-likeness (QED) is 0.365. The number of nitrogens with zero attached hydrogens (tertiary/aromatic N) is 4. The molecule has 2 aliphatic heterocycles. The molecule has 2 amide bonds. The number of carbonyl (C=O) groups excluding carboxylic acids is 2. The Balaban J connectivity index is 1.87. The van der Waals surface area contributed by atoms with Gasteiger partial charge in [-0.25, -0.2) is 13.4 Å². The van der Waals surface area contributed by atoms with Crippen LogP contribution in [0.25, 0.3) is 0 Å². The van der Waals surface area contributed by atoms with E-state index < -0.39 is 62.3 Å². The summed E-state index contributed by atoms with van der Waals surface area (Å²) in [5.41, 5.74) is -1.47. The van der Waals surface area contributed by atoms with Crippen LogP contribution < -0.4 is 18.5 Å². The number of fused-ring (bicyclic) bond motifs is 1. The van der Waals surface area contributed by atoms with Crippen LogP contribution in [-0.4, -0.2) is 93.5 Å². The number of aryl methyl sites for hydroxylation is 1. The van der Waals surface area contributed by atoms with Gasteiger partial charge in [0.1, 0.15) is 16.4 Å². The number of likely N-dealkylation sites (tertiary alicyclic amines) is 1. The summed E-state index contributed by atoms with van der Waals surface area (Å²) in [7, 11) is 0.256. The Morgan fingerprint density at radius 2 is 1.79 bits per heavy atom. The maximum atomic E-state index is 15.2. The highest BCUT2D eigenvalue weighted by Gasteiger charge is 2.65. The molecule has 1 aromatic heterocycles. The summed E-state index contributed by atoms with van der Waals surface area (Å²) in [6.07, 6.45) is -5.31. The van der Waals surface area contributed by atoms with Gasteiger partial charge in [-0.2, -0.15) is 4.31 Å². The Hall–Kier alpha value is -3.93. The summed E-state index contributed by atoms with van der Waals surface area (Å²) >= 11 is 3.35. The fourth-order valence-corrected chi connectivity index (χ4v) is 7.93. The van der Waals surface area contributed by atoms with Gasteiger partial charge in [0.15, 0.2) is 17.1 Å². The highest BCUT2D eigenvalue weighted by atomic mass is 79.9. The van der Waals surface area contributed by atoms with Crippen LogP contribution in [0.3, 0.4) is 0 Å². The number of alkyl halides is 3. The van der Waals surface area contributed by atoms with Crippen LogP contribution in [-0.2, 0) is 25.2 Å². The van der Waals surface area contributed by atoms with E-state index in [1.807, 2.05) is 0 Å². The van der Waals surface area contributed by atoms with E-state index in [9.17, 15) is 31.5 Å². The number of pyridine rings is 1. The third kappa shape index (κ3) is 5.78. The van der Waals surface area contributed by atoms with Crippen LogP contribution in [0.2, 0.25) is 0 Å². The maximum Gasteiger partial charge on any atom is 0.573 e. The molecular weight excluding hydrogens is 713 g/mol. The fourth-order valence-electron chi connectivity index (χ4n) is 6.09. The lowest BCUT2D eigenvalue weighted by molar-refractivity contribution is -0.275. The molecule has 2 aromatic carbocycles. The van der Waals surface area contributed by atoms with E-state index in [4.69, 9.17) is 9.47 Å². The van der Waals surface area contributed by atoms with Crippen molar-refractivity contribution in [3.05, 3.63) is 69.8 Å². The average molecular weight is 744 g/mol. The van der Waals surface area contributed by atoms with E-state index >= 15 is 4.79 Å². The molecule has 1 saturated heterocycles. The molecule has 0 radical (unpaired) electrons. The predicted molar refractivity (Wildman–Crippen MR) is 165 cm³/mol. The first kappa shape index (κ1) is 34.4. The Labute approximate surface area is 276 Å². The molecule has 0 saturated carbocycles. The number of ether oxygens (including phenoxy) is 3. The van der Waals surface area contributed by atoms with Crippen LogP contribution in [0.5, 0.6) is 17.2 Å². The third-order valence-electron chi connectivity index (χ3n) is 7.98. The minimum Gasteiger partial charge on any atom is -0.497 e. The maximum absolute atomic E-state index is 15.2. The van der Waals surface area contributed by atoms with Crippen molar-refractivity contribution in [2.75, 3.05) is 39.2 Å². The zero-order chi connectivity index (χ0) is 34.6. The second-order valence-electron chi connectivity index (χ2n) is 11.2. The Bertz CT molecular complexity index is 1860. The number of halogens is 4. The van der Waals surface area contributed by atoms with Gasteiger partial charge >= 0.3 is 6.36 Å². The van der Waals surface area contributed by atoms with Gasteiger partial charge in [0.2, 0.25) is 5.91 Å². The number of likely N-dealkylation sites (N-methyl/N-ethyl adjacent to an activating group) is 1. The van der Waals surface area contributed by atoms with Crippen molar-refractivity contribution in [3.63, 3.8) is 0 Å². The Kier molecular flexibility index (Phi) is 8.98. The Morgan fingerprint density at radius 3 is 2.40 bits per heavy atom. The van der Waals surface area contributed by atoms with E-state index in [0.29, 0.717) is 14.3 Å². The summed E-state index contributed by atoms with van der Waals surface area (Å²) in [6.45, 7) is 1.46. The molecule has 1 N–H and O–H groups in total. The minimum atomic E-state index is -5.31. The van der Waals surface area contributed by atoms with Crippen LogP contribution in [0, 0.1) is 6.92 Å². The van der Waals surface area contributed by atoms with Gasteiger partial charge in [0, 0.05) is 48.5 Å². The van der Waals surface area contributed by atoms with E-state index in [1.165, 1.54) is 50.4 Å². The molecular formula is C30H30BrF3N4O8S. The SMILES string of the molecule is COc1ccc(S(=O)(=O)N2C(=O)C(c3cc(C)ccc3OC)(N3C[C@H](O)C[C@H]3C(=O)N(C)C)c3cc(Br)cnc32)c(OC(F)(F)F)c1. The van der Waals surface area contributed by atoms with Gasteiger partial charge in [0.25, 0.3) is 15.9 Å². The molecule has 3 atom stereocenters. The van der Waals surface area contributed by atoms with Gasteiger partial charge < -0.3 is 24.2 Å². The summed E-state index contributed by atoms with van der Waals surface area (Å²) < 4.78 is 85.1. The van der Waals surface area contributed by atoms with E-state index in [-0.39, 0.29) is 35.6 Å². The van der Waals surface area contributed by atoms with Crippen molar-refractivity contribution >= 4 is 43.6 Å². The Morgan fingerprint density at radius 1 is 1.09 bits per heavy atom. The highest BCUT2D eigenvalue weighted by molar-refractivity contribution is 9.10. The van der Waals surface area contributed by atoms with Crippen LogP contribution >= 0.6 is 15.9 Å². The first-order valence-electron chi connectivity index (χ1n) is 14.0. The first-order valence-corrected chi connectivity index (χ1v) is 16.2. The van der Waals surface area contributed by atoms with Gasteiger partial charge in [0.05, 0.1) is 26.4 Å². The number of hydrogen-bond acceptors (Lipinski definition) is 10. The minimum absolute atomic E-state index is 0.0261. The smallest absolute Gasteiger partial charge is 0.497 e. The molecule has 2 aliphatic rings. The normalized spacial score (nSPS) is 21.5. The van der Waals surface area contributed by atoms with Crippen molar-refractivity contribution in [3.8, 4) is 17.2 Å². The second-order valence-corrected chi connectivity index (χ2v) is 13.8. The number of sulfonamides is 1. The van der Waals surface area contributed by atoms with E-state index in [1.54, 1.807) is 25.1 Å². The number of methoxy groups -OCH3 is 2. The van der Waals surface area contributed by atoms with Gasteiger partial charge in [-0.15, -0.1) is 13.2 Å². The molecule has 47 heavy (non-hydrogen) atoms. The molecule has 12 nitrogen and oxygen atoms in total. The molecule has 0 bridgehead atoms. The number of anilines is 1. The number of aliphatic hydroxyl groups is 1. The number of benzene rings is 2. The fraction of sp³-hybridized carbons (Fsp3) is 0.367. The van der Waals surface area contributed by atoms with Crippen LogP contribution in [0.4, 0.5) is 19.0 Å².